The van der Waals surface area contributed by atoms with Gasteiger partial charge in [-0.2, -0.15) is 0 Å². The van der Waals surface area contributed by atoms with Crippen LogP contribution in [0.5, 0.6) is 17.2 Å². The van der Waals surface area contributed by atoms with E-state index < -0.39 is 0 Å². The number of benzene rings is 1. The smallest absolute Gasteiger partial charge is 0.298 e. The van der Waals surface area contributed by atoms with Crippen LogP contribution in [-0.4, -0.2) is 52.5 Å². The van der Waals surface area contributed by atoms with Crippen molar-refractivity contribution in [2.45, 2.75) is 6.92 Å². The van der Waals surface area contributed by atoms with Crippen LogP contribution in [0.4, 0.5) is 0 Å². The zero-order valence-electron chi connectivity index (χ0n) is 12.7. The van der Waals surface area contributed by atoms with Crippen LogP contribution in [0.3, 0.4) is 0 Å². The van der Waals surface area contributed by atoms with Crippen molar-refractivity contribution in [1.82, 2.24) is 4.90 Å². The van der Waals surface area contributed by atoms with Gasteiger partial charge in [-0.05, 0) is 28.1 Å². The molecule has 0 saturated heterocycles. The molecule has 0 heterocycles. The first kappa shape index (κ1) is 17.9. The fourth-order valence-electron chi connectivity index (χ4n) is 1.34. The Hall–Kier alpha value is -2.08. The molecule has 0 amide bonds. The predicted molar refractivity (Wildman–Crippen MR) is 75.9 cm³/mol. The van der Waals surface area contributed by atoms with Gasteiger partial charge in [0.25, 0.3) is 6.47 Å². The lowest BCUT2D eigenvalue weighted by atomic mass is 10.1. The van der Waals surface area contributed by atoms with Crippen LogP contribution in [0.2, 0.25) is 0 Å². The Labute approximate surface area is 119 Å². The van der Waals surface area contributed by atoms with Gasteiger partial charge in [0.2, 0.25) is 0 Å². The van der Waals surface area contributed by atoms with E-state index in [1.54, 1.807) is 6.07 Å². The van der Waals surface area contributed by atoms with Crippen molar-refractivity contribution in [2.24, 2.45) is 0 Å². The number of hydrogen-bond donors (Lipinski definition) is 0. The topological polar surface area (TPSA) is 65.1 Å². The Morgan fingerprint density at radius 1 is 1.10 bits per heavy atom. The molecule has 0 aromatic heterocycles. The number of nitrogens with zero attached hydrogens (tertiary/aromatic N) is 1. The molecule has 20 heavy (non-hydrogen) atoms. The molecule has 1 rings (SSSR count). The first-order chi connectivity index (χ1) is 9.37. The molecule has 1 aromatic carbocycles. The minimum Gasteiger partial charge on any atom is -0.496 e. The van der Waals surface area contributed by atoms with E-state index in [0.29, 0.717) is 11.5 Å². The molecule has 112 valence electrons. The summed E-state index contributed by atoms with van der Waals surface area (Å²) in [6.07, 6.45) is 0. The van der Waals surface area contributed by atoms with E-state index in [-0.39, 0.29) is 23.6 Å². The first-order valence-corrected chi connectivity index (χ1v) is 5.85. The molecule has 0 bridgehead atoms. The lowest BCUT2D eigenvalue weighted by Gasteiger charge is -2.11. The van der Waals surface area contributed by atoms with Gasteiger partial charge in [-0.3, -0.25) is 9.59 Å². The Kier molecular flexibility index (Phi) is 8.00. The van der Waals surface area contributed by atoms with Crippen LogP contribution in [0.25, 0.3) is 0 Å². The van der Waals surface area contributed by atoms with Crippen molar-refractivity contribution in [1.29, 1.82) is 0 Å². The van der Waals surface area contributed by atoms with E-state index in [2.05, 4.69) is 0 Å². The molecule has 0 saturated carbocycles. The maximum Gasteiger partial charge on any atom is 0.298 e. The van der Waals surface area contributed by atoms with E-state index in [4.69, 9.17) is 14.2 Å². The molecule has 0 aliphatic carbocycles. The van der Waals surface area contributed by atoms with Crippen molar-refractivity contribution in [3.8, 4) is 17.2 Å². The quantitative estimate of drug-likeness (QED) is 0.604. The van der Waals surface area contributed by atoms with Crippen molar-refractivity contribution < 1.29 is 23.8 Å². The van der Waals surface area contributed by atoms with Gasteiger partial charge < -0.3 is 19.1 Å². The molecule has 1 aromatic rings. The third-order valence-electron chi connectivity index (χ3n) is 2.02. The molecular weight excluding hydrogens is 262 g/mol. The molecular formula is C14H21NO5. The van der Waals surface area contributed by atoms with Gasteiger partial charge in [-0.1, -0.05) is 0 Å². The summed E-state index contributed by atoms with van der Waals surface area (Å²) in [5.41, 5.74) is 0.218. The zero-order valence-corrected chi connectivity index (χ0v) is 12.7. The number of hydrogen-bond acceptors (Lipinski definition) is 6. The SMILES string of the molecule is CN(C)C.COc1cc(OC)c(C(C)=O)c(OC=O)c1. The van der Waals surface area contributed by atoms with Gasteiger partial charge in [0.05, 0.1) is 14.2 Å². The summed E-state index contributed by atoms with van der Waals surface area (Å²) in [4.78, 5) is 23.7. The molecule has 0 radical (unpaired) electrons. The Bertz CT molecular complexity index is 454. The highest BCUT2D eigenvalue weighted by Gasteiger charge is 2.17. The largest absolute Gasteiger partial charge is 0.496 e. The number of carbonyl (C=O) groups excluding carboxylic acids is 2. The normalized spacial score (nSPS) is 9.35. The molecule has 0 fully saturated rings. The van der Waals surface area contributed by atoms with Crippen molar-refractivity contribution >= 4 is 12.3 Å². The fourth-order valence-corrected chi connectivity index (χ4v) is 1.34. The molecule has 0 unspecified atom stereocenters. The summed E-state index contributed by atoms with van der Waals surface area (Å²) in [5.74, 6) is 0.623. The van der Waals surface area contributed by atoms with Crippen LogP contribution in [0.15, 0.2) is 12.1 Å². The number of methoxy groups -OCH3 is 2. The fraction of sp³-hybridized carbons (Fsp3) is 0.429. The summed E-state index contributed by atoms with van der Waals surface area (Å²) >= 11 is 0. The van der Waals surface area contributed by atoms with Crippen LogP contribution < -0.4 is 14.2 Å². The lowest BCUT2D eigenvalue weighted by Crippen LogP contribution is -2.03. The minimum atomic E-state index is -0.253. The summed E-state index contributed by atoms with van der Waals surface area (Å²) < 4.78 is 14.8. The summed E-state index contributed by atoms with van der Waals surface area (Å²) in [7, 11) is 8.89. The molecule has 0 atom stereocenters. The maximum atomic E-state index is 11.4. The third kappa shape index (κ3) is 5.71. The second-order valence-corrected chi connectivity index (χ2v) is 4.31. The highest BCUT2D eigenvalue weighted by molar-refractivity contribution is 6.00. The summed E-state index contributed by atoms with van der Waals surface area (Å²) in [6.45, 7) is 1.61. The number of ketones is 1. The standard InChI is InChI=1S/C11H12O5.C3H9N/c1-7(13)11-9(15-3)4-8(14-2)5-10(11)16-6-12;1-4(2)3/h4-6H,1-3H3;1-3H3. The Morgan fingerprint density at radius 2 is 1.60 bits per heavy atom. The van der Waals surface area contributed by atoms with Crippen molar-refractivity contribution in [2.75, 3.05) is 35.4 Å². The molecule has 6 nitrogen and oxygen atoms in total. The lowest BCUT2D eigenvalue weighted by molar-refractivity contribution is -0.120. The summed E-state index contributed by atoms with van der Waals surface area (Å²) in [5, 5.41) is 0. The number of Topliss-reactive ketones (excluding diaryl/α,β-unsaturated/α-hetero) is 1. The minimum absolute atomic E-state index is 0.124. The number of rotatable bonds is 5. The Balaban J connectivity index is 0.000000796. The second-order valence-electron chi connectivity index (χ2n) is 4.31. The van der Waals surface area contributed by atoms with E-state index >= 15 is 0 Å². The molecule has 0 aliphatic heterocycles. The van der Waals surface area contributed by atoms with Crippen LogP contribution in [-0.2, 0) is 4.79 Å². The summed E-state index contributed by atoms with van der Waals surface area (Å²) in [6, 6.07) is 3.00. The number of ether oxygens (including phenoxy) is 3. The number of carbonyl (C=O) groups is 2. The van der Waals surface area contributed by atoms with E-state index in [1.165, 1.54) is 27.2 Å². The highest BCUT2D eigenvalue weighted by Crippen LogP contribution is 2.34. The van der Waals surface area contributed by atoms with Gasteiger partial charge >= 0.3 is 0 Å². The van der Waals surface area contributed by atoms with Crippen molar-refractivity contribution in [3.05, 3.63) is 17.7 Å². The van der Waals surface area contributed by atoms with Gasteiger partial charge in [-0.25, -0.2) is 0 Å². The van der Waals surface area contributed by atoms with Gasteiger partial charge in [0.15, 0.2) is 5.78 Å². The maximum absolute atomic E-state index is 11.4. The third-order valence-corrected chi connectivity index (χ3v) is 2.02. The van der Waals surface area contributed by atoms with E-state index in [9.17, 15) is 9.59 Å². The zero-order chi connectivity index (χ0) is 15.7. The van der Waals surface area contributed by atoms with Crippen molar-refractivity contribution in [3.63, 3.8) is 0 Å². The molecule has 0 aliphatic rings. The molecule has 0 spiro atoms. The van der Waals surface area contributed by atoms with Crippen LogP contribution in [0.1, 0.15) is 17.3 Å². The van der Waals surface area contributed by atoms with Gasteiger partial charge in [-0.15, -0.1) is 0 Å². The van der Waals surface area contributed by atoms with Crippen LogP contribution >= 0.6 is 0 Å². The Morgan fingerprint density at radius 3 is 1.95 bits per heavy atom. The van der Waals surface area contributed by atoms with E-state index in [1.807, 2.05) is 26.0 Å². The van der Waals surface area contributed by atoms with E-state index in [0.717, 1.165) is 0 Å². The van der Waals surface area contributed by atoms with Gasteiger partial charge in [0.1, 0.15) is 22.8 Å². The van der Waals surface area contributed by atoms with Gasteiger partial charge in [0, 0.05) is 12.1 Å². The average Bonchev–Trinajstić information content (AvgIpc) is 2.37. The monoisotopic (exact) mass is 283 g/mol. The second kappa shape index (κ2) is 8.92. The molecule has 6 heteroatoms. The average molecular weight is 283 g/mol. The van der Waals surface area contributed by atoms with Crippen LogP contribution in [0, 0.1) is 0 Å². The first-order valence-electron chi connectivity index (χ1n) is 5.85. The highest BCUT2D eigenvalue weighted by atomic mass is 16.5. The molecule has 0 N–H and O–H groups in total. The predicted octanol–water partition coefficient (Wildman–Crippen LogP) is 1.62.